The predicted molar refractivity (Wildman–Crippen MR) is 151 cm³/mol. The number of hydrogen-bond donors (Lipinski definition) is 3. The fourth-order valence-electron chi connectivity index (χ4n) is 7.47. The van der Waals surface area contributed by atoms with Gasteiger partial charge in [-0.15, -0.1) is 0 Å². The average Bonchev–Trinajstić information content (AvgIpc) is 2.88. The van der Waals surface area contributed by atoms with Gasteiger partial charge in [-0.25, -0.2) is 0 Å². The molecule has 0 bridgehead atoms. The molecule has 226 valence electrons. The van der Waals surface area contributed by atoms with Crippen LogP contribution in [0.5, 0.6) is 0 Å². The van der Waals surface area contributed by atoms with Crippen LogP contribution in [-0.4, -0.2) is 60.3 Å². The van der Waals surface area contributed by atoms with E-state index in [1.54, 1.807) is 0 Å². The topological polar surface area (TPSA) is 125 Å². The number of esters is 2. The van der Waals surface area contributed by atoms with Crippen LogP contribution in [0.25, 0.3) is 0 Å². The molecule has 1 heterocycles. The first-order valence-electron chi connectivity index (χ1n) is 16.0. The Morgan fingerprint density at radius 3 is 2.28 bits per heavy atom. The van der Waals surface area contributed by atoms with Crippen LogP contribution < -0.4 is 11.1 Å². The summed E-state index contributed by atoms with van der Waals surface area (Å²) < 4.78 is 18.0. The molecule has 2 aliphatic carbocycles. The standard InChI is InChI=1S/C31H56N2O6/c1-4-5-7-12-26(37-21(2)34)19-27(38-22(3)35)14-13-23-17-30(39-25-10-8-6-9-11-25)29(36)20-28(23)24-15-16-33-31(32)18-24/h23-31,33,36H,4-20,32H2,1-3H3/p+1. The number of ether oxygens (including phenoxy) is 3. The van der Waals surface area contributed by atoms with Crippen LogP contribution >= 0.6 is 0 Å². The first kappa shape index (κ1) is 32.3. The van der Waals surface area contributed by atoms with E-state index in [0.29, 0.717) is 24.2 Å². The summed E-state index contributed by atoms with van der Waals surface area (Å²) in [5.74, 6) is 0.682. The fraction of sp³-hybridized carbons (Fsp3) is 0.935. The molecule has 8 heteroatoms. The molecule has 1 aliphatic heterocycles. The second-order valence-electron chi connectivity index (χ2n) is 12.6. The number of aliphatic hydroxyl groups excluding tert-OH is 1. The van der Waals surface area contributed by atoms with Gasteiger partial charge in [-0.1, -0.05) is 39.0 Å². The first-order valence-corrected chi connectivity index (χ1v) is 16.0. The van der Waals surface area contributed by atoms with Crippen molar-refractivity contribution in [2.24, 2.45) is 23.5 Å². The van der Waals surface area contributed by atoms with Gasteiger partial charge in [-0.3, -0.25) is 15.3 Å². The minimum Gasteiger partial charge on any atom is -0.462 e. The lowest BCUT2D eigenvalue weighted by molar-refractivity contribution is -0.699. The summed E-state index contributed by atoms with van der Waals surface area (Å²) in [6, 6.07) is 0. The molecule has 8 unspecified atom stereocenters. The van der Waals surface area contributed by atoms with Gasteiger partial charge in [0.15, 0.2) is 0 Å². The third-order valence-corrected chi connectivity index (χ3v) is 9.37. The maximum absolute atomic E-state index is 12.0. The zero-order valence-electron chi connectivity index (χ0n) is 24.9. The smallest absolute Gasteiger partial charge is 0.302 e. The SMILES string of the molecule is CCCCCC(CC(CCC1CC(OC2CCCCC2)C(O)CC1C1CC[NH2+]C(N)C1)OC(C)=O)OC(C)=O. The van der Waals surface area contributed by atoms with Crippen molar-refractivity contribution in [1.29, 1.82) is 0 Å². The minimum atomic E-state index is -0.438. The van der Waals surface area contributed by atoms with Crippen LogP contribution in [0, 0.1) is 17.8 Å². The number of quaternary nitrogens is 1. The average molecular weight is 554 g/mol. The van der Waals surface area contributed by atoms with E-state index in [1.165, 1.54) is 33.1 Å². The summed E-state index contributed by atoms with van der Waals surface area (Å²) in [6.45, 7) is 6.09. The summed E-state index contributed by atoms with van der Waals surface area (Å²) in [4.78, 5) is 23.8. The molecule has 0 spiro atoms. The summed E-state index contributed by atoms with van der Waals surface area (Å²) in [6.07, 6.45) is 15.0. The van der Waals surface area contributed by atoms with Crippen molar-refractivity contribution in [1.82, 2.24) is 0 Å². The monoisotopic (exact) mass is 553 g/mol. The molecule has 2 saturated carbocycles. The van der Waals surface area contributed by atoms with Crippen molar-refractivity contribution < 1.29 is 34.2 Å². The Morgan fingerprint density at radius 2 is 1.64 bits per heavy atom. The van der Waals surface area contributed by atoms with E-state index in [2.05, 4.69) is 12.2 Å². The number of carbonyl (C=O) groups is 2. The second-order valence-corrected chi connectivity index (χ2v) is 12.6. The minimum absolute atomic E-state index is 0.124. The maximum atomic E-state index is 12.0. The predicted octanol–water partition coefficient (Wildman–Crippen LogP) is 3.96. The van der Waals surface area contributed by atoms with Crippen LogP contribution in [0.4, 0.5) is 0 Å². The van der Waals surface area contributed by atoms with Crippen molar-refractivity contribution in [3.63, 3.8) is 0 Å². The molecule has 1 saturated heterocycles. The highest BCUT2D eigenvalue weighted by atomic mass is 16.6. The lowest BCUT2D eigenvalue weighted by atomic mass is 9.66. The van der Waals surface area contributed by atoms with Crippen LogP contribution in [0.15, 0.2) is 0 Å². The van der Waals surface area contributed by atoms with Gasteiger partial charge < -0.3 is 24.6 Å². The zero-order valence-corrected chi connectivity index (χ0v) is 24.9. The van der Waals surface area contributed by atoms with E-state index in [-0.39, 0.29) is 42.5 Å². The number of hydrogen-bond acceptors (Lipinski definition) is 7. The molecule has 3 fully saturated rings. The van der Waals surface area contributed by atoms with E-state index in [9.17, 15) is 14.7 Å². The largest absolute Gasteiger partial charge is 0.462 e. The van der Waals surface area contributed by atoms with Crippen molar-refractivity contribution >= 4 is 11.9 Å². The van der Waals surface area contributed by atoms with Gasteiger partial charge in [-0.05, 0) is 75.5 Å². The van der Waals surface area contributed by atoms with Gasteiger partial charge in [0.05, 0.1) is 24.9 Å². The normalized spacial score (nSPS) is 31.8. The van der Waals surface area contributed by atoms with Gasteiger partial charge >= 0.3 is 11.9 Å². The van der Waals surface area contributed by atoms with E-state index in [1.807, 2.05) is 0 Å². The van der Waals surface area contributed by atoms with Crippen LogP contribution in [0.3, 0.4) is 0 Å². The molecule has 0 aromatic rings. The van der Waals surface area contributed by atoms with Crippen molar-refractivity contribution in [3.05, 3.63) is 0 Å². The molecule has 0 aromatic heterocycles. The van der Waals surface area contributed by atoms with Crippen molar-refractivity contribution in [2.75, 3.05) is 6.54 Å². The third kappa shape index (κ3) is 11.3. The molecule has 0 amide bonds. The maximum Gasteiger partial charge on any atom is 0.302 e. The molecule has 3 rings (SSSR count). The number of carbonyl (C=O) groups excluding carboxylic acids is 2. The molecular weight excluding hydrogens is 496 g/mol. The summed E-state index contributed by atoms with van der Waals surface area (Å²) in [5, 5.41) is 13.4. The van der Waals surface area contributed by atoms with Gasteiger partial charge in [0.25, 0.3) is 0 Å². The summed E-state index contributed by atoms with van der Waals surface area (Å²) in [7, 11) is 0. The zero-order chi connectivity index (χ0) is 28.2. The highest BCUT2D eigenvalue weighted by molar-refractivity contribution is 5.66. The number of nitrogens with two attached hydrogens (primary N) is 2. The van der Waals surface area contributed by atoms with Crippen molar-refractivity contribution in [3.8, 4) is 0 Å². The molecule has 0 radical (unpaired) electrons. The molecule has 0 aromatic carbocycles. The number of aliphatic hydroxyl groups is 1. The number of piperidine rings is 1. The summed E-state index contributed by atoms with van der Waals surface area (Å²) in [5.41, 5.74) is 6.34. The molecule has 3 aliphatic rings. The summed E-state index contributed by atoms with van der Waals surface area (Å²) >= 11 is 0. The first-order chi connectivity index (χ1) is 18.7. The Balaban J connectivity index is 1.69. The van der Waals surface area contributed by atoms with Gasteiger partial charge in [0.2, 0.25) is 0 Å². The van der Waals surface area contributed by atoms with E-state index < -0.39 is 6.10 Å². The molecule has 39 heavy (non-hydrogen) atoms. The van der Waals surface area contributed by atoms with Crippen LogP contribution in [0.2, 0.25) is 0 Å². The molecule has 5 N–H and O–H groups in total. The Labute approximate surface area is 236 Å². The molecular formula is C31H57N2O6+. The van der Waals surface area contributed by atoms with Gasteiger partial charge in [0.1, 0.15) is 18.4 Å². The second kappa shape index (κ2) is 16.9. The van der Waals surface area contributed by atoms with Crippen LogP contribution in [0.1, 0.15) is 124 Å². The highest BCUT2D eigenvalue weighted by Crippen LogP contribution is 2.43. The van der Waals surface area contributed by atoms with Crippen LogP contribution in [-0.2, 0) is 23.8 Å². The lowest BCUT2D eigenvalue weighted by Crippen LogP contribution is -2.94. The lowest BCUT2D eigenvalue weighted by Gasteiger charge is -2.45. The Morgan fingerprint density at radius 1 is 0.949 bits per heavy atom. The highest BCUT2D eigenvalue weighted by Gasteiger charge is 2.43. The number of unbranched alkanes of at least 4 members (excludes halogenated alkanes) is 2. The quantitative estimate of drug-likeness (QED) is 0.220. The molecule has 8 atom stereocenters. The molecule has 8 nitrogen and oxygen atoms in total. The Bertz CT molecular complexity index is 730. The Hall–Kier alpha value is -1.22. The van der Waals surface area contributed by atoms with E-state index in [0.717, 1.165) is 83.6 Å². The fourth-order valence-corrected chi connectivity index (χ4v) is 7.47. The van der Waals surface area contributed by atoms with Gasteiger partial charge in [0, 0.05) is 26.7 Å². The third-order valence-electron chi connectivity index (χ3n) is 9.37. The Kier molecular flexibility index (Phi) is 14.0. The van der Waals surface area contributed by atoms with E-state index >= 15 is 0 Å². The van der Waals surface area contributed by atoms with E-state index in [4.69, 9.17) is 19.9 Å². The van der Waals surface area contributed by atoms with Crippen molar-refractivity contribution in [2.45, 2.75) is 160 Å². The number of rotatable bonds is 14. The van der Waals surface area contributed by atoms with Gasteiger partial charge in [-0.2, -0.15) is 0 Å².